The molecule has 0 bridgehead atoms. The van der Waals surface area contributed by atoms with Crippen molar-refractivity contribution in [2.45, 2.75) is 37.9 Å². The number of ether oxygens (including phenoxy) is 1. The molecular weight excluding hydrogens is 268 g/mol. The smallest absolute Gasteiger partial charge is 0.0725 e. The average molecular weight is 287 g/mol. The number of hydrogen-bond acceptors (Lipinski definition) is 1. The van der Waals surface area contributed by atoms with Gasteiger partial charge in [0.2, 0.25) is 0 Å². The van der Waals surface area contributed by atoms with Crippen molar-refractivity contribution in [2.24, 2.45) is 0 Å². The van der Waals surface area contributed by atoms with Crippen LogP contribution in [0.1, 0.15) is 41.5 Å². The second-order valence-electron chi connectivity index (χ2n) is 5.97. The van der Waals surface area contributed by atoms with Gasteiger partial charge in [0, 0.05) is 5.41 Å². The fourth-order valence-electron chi connectivity index (χ4n) is 2.78. The molecule has 0 spiro atoms. The minimum absolute atomic E-state index is 0.0594. The molecule has 2 aromatic carbocycles. The maximum Gasteiger partial charge on any atom is 0.0725 e. The van der Waals surface area contributed by atoms with Gasteiger partial charge < -0.3 is 4.74 Å². The minimum atomic E-state index is -0.115. The summed E-state index contributed by atoms with van der Waals surface area (Å²) in [6.07, 6.45) is 0. The molecule has 2 aromatic rings. The molecular formula is C18H19ClO. The highest BCUT2D eigenvalue weighted by atomic mass is 35.5. The quantitative estimate of drug-likeness (QED) is 0.724. The topological polar surface area (TPSA) is 9.23 Å². The highest BCUT2D eigenvalue weighted by Gasteiger charge is 2.31. The predicted molar refractivity (Wildman–Crippen MR) is 83.0 cm³/mol. The molecule has 0 fully saturated rings. The lowest BCUT2D eigenvalue weighted by atomic mass is 9.78. The lowest BCUT2D eigenvalue weighted by Crippen LogP contribution is -2.23. The van der Waals surface area contributed by atoms with E-state index < -0.39 is 0 Å². The normalized spacial score (nSPS) is 15.9. The van der Waals surface area contributed by atoms with Gasteiger partial charge in [-0.1, -0.05) is 62.4 Å². The van der Waals surface area contributed by atoms with Crippen LogP contribution in [0.15, 0.2) is 48.5 Å². The number of fused-ring (bicyclic) bond motifs is 1. The first kappa shape index (κ1) is 13.7. The van der Waals surface area contributed by atoms with Gasteiger partial charge in [-0.3, -0.25) is 0 Å². The van der Waals surface area contributed by atoms with E-state index in [9.17, 15) is 0 Å². The SMILES string of the molecule is CC(C)(c1ccccc1)C(Cl)c1ccc2c(c1)COC2. The number of halogens is 1. The Balaban J connectivity index is 1.94. The zero-order valence-electron chi connectivity index (χ0n) is 11.9. The van der Waals surface area contributed by atoms with Crippen LogP contribution in [0.2, 0.25) is 0 Å². The van der Waals surface area contributed by atoms with Crippen LogP contribution in [0.3, 0.4) is 0 Å². The van der Waals surface area contributed by atoms with Gasteiger partial charge in [0.1, 0.15) is 0 Å². The Hall–Kier alpha value is -1.31. The summed E-state index contributed by atoms with van der Waals surface area (Å²) in [5.41, 5.74) is 4.88. The Bertz CT molecular complexity index is 604. The van der Waals surface area contributed by atoms with Crippen molar-refractivity contribution in [3.8, 4) is 0 Å². The second kappa shape index (κ2) is 5.23. The van der Waals surface area contributed by atoms with E-state index in [1.54, 1.807) is 0 Å². The number of hydrogen-bond donors (Lipinski definition) is 0. The summed E-state index contributed by atoms with van der Waals surface area (Å²) in [5, 5.41) is -0.0594. The first-order valence-electron chi connectivity index (χ1n) is 6.98. The predicted octanol–water partition coefficient (Wildman–Crippen LogP) is 4.97. The van der Waals surface area contributed by atoms with Crippen LogP contribution in [0.25, 0.3) is 0 Å². The molecule has 1 nitrogen and oxygen atoms in total. The largest absolute Gasteiger partial charge is 0.372 e. The standard InChI is InChI=1S/C18H19ClO/c1-18(2,16-6-4-3-5-7-16)17(19)13-8-9-14-11-20-12-15(14)10-13/h3-10,17H,11-12H2,1-2H3. The Morgan fingerprint density at radius 1 is 1.00 bits per heavy atom. The van der Waals surface area contributed by atoms with Gasteiger partial charge in [-0.05, 0) is 22.3 Å². The van der Waals surface area contributed by atoms with Crippen LogP contribution in [-0.4, -0.2) is 0 Å². The first-order chi connectivity index (χ1) is 9.59. The monoisotopic (exact) mass is 286 g/mol. The van der Waals surface area contributed by atoms with Crippen LogP contribution >= 0.6 is 11.6 Å². The molecule has 0 radical (unpaired) electrons. The highest BCUT2D eigenvalue weighted by molar-refractivity contribution is 6.21. The van der Waals surface area contributed by atoms with Crippen LogP contribution in [-0.2, 0) is 23.4 Å². The Kier molecular flexibility index (Phi) is 3.57. The second-order valence-corrected chi connectivity index (χ2v) is 6.41. The van der Waals surface area contributed by atoms with Gasteiger partial charge in [0.25, 0.3) is 0 Å². The summed E-state index contributed by atoms with van der Waals surface area (Å²) in [6, 6.07) is 16.9. The molecule has 0 saturated heterocycles. The van der Waals surface area contributed by atoms with E-state index in [-0.39, 0.29) is 10.8 Å². The highest BCUT2D eigenvalue weighted by Crippen LogP contribution is 2.42. The minimum Gasteiger partial charge on any atom is -0.372 e. The van der Waals surface area contributed by atoms with Crippen LogP contribution in [0, 0.1) is 0 Å². The molecule has 1 atom stereocenters. The van der Waals surface area contributed by atoms with E-state index in [1.807, 2.05) is 6.07 Å². The van der Waals surface area contributed by atoms with Crippen LogP contribution in [0.5, 0.6) is 0 Å². The van der Waals surface area contributed by atoms with Crippen molar-refractivity contribution in [2.75, 3.05) is 0 Å². The van der Waals surface area contributed by atoms with E-state index in [0.29, 0.717) is 6.61 Å². The molecule has 1 aliphatic heterocycles. The zero-order valence-corrected chi connectivity index (χ0v) is 12.7. The summed E-state index contributed by atoms with van der Waals surface area (Å²) in [4.78, 5) is 0. The molecule has 1 aliphatic rings. The van der Waals surface area contributed by atoms with E-state index in [4.69, 9.17) is 16.3 Å². The Morgan fingerprint density at radius 3 is 2.45 bits per heavy atom. The van der Waals surface area contributed by atoms with E-state index in [1.165, 1.54) is 22.3 Å². The molecule has 0 aromatic heterocycles. The zero-order chi connectivity index (χ0) is 14.2. The summed E-state index contributed by atoms with van der Waals surface area (Å²) in [6.45, 7) is 5.83. The lowest BCUT2D eigenvalue weighted by Gasteiger charge is -2.31. The van der Waals surface area contributed by atoms with E-state index >= 15 is 0 Å². The summed E-state index contributed by atoms with van der Waals surface area (Å²) in [5.74, 6) is 0. The molecule has 0 N–H and O–H groups in total. The summed E-state index contributed by atoms with van der Waals surface area (Å²) >= 11 is 6.79. The number of benzene rings is 2. The Morgan fingerprint density at radius 2 is 1.70 bits per heavy atom. The van der Waals surface area contributed by atoms with Gasteiger partial charge in [-0.2, -0.15) is 0 Å². The third-order valence-corrected chi connectivity index (χ3v) is 4.99. The van der Waals surface area contributed by atoms with Crippen LogP contribution in [0.4, 0.5) is 0 Å². The van der Waals surface area contributed by atoms with Crippen molar-refractivity contribution >= 4 is 11.6 Å². The molecule has 0 amide bonds. The van der Waals surface area contributed by atoms with Crippen molar-refractivity contribution in [3.63, 3.8) is 0 Å². The van der Waals surface area contributed by atoms with Crippen molar-refractivity contribution in [1.29, 1.82) is 0 Å². The first-order valence-corrected chi connectivity index (χ1v) is 7.42. The number of alkyl halides is 1. The molecule has 1 heterocycles. The molecule has 2 heteroatoms. The van der Waals surface area contributed by atoms with Crippen LogP contribution < -0.4 is 0 Å². The third kappa shape index (κ3) is 2.36. The number of rotatable bonds is 3. The third-order valence-electron chi connectivity index (χ3n) is 4.19. The van der Waals surface area contributed by atoms with Gasteiger partial charge in [0.15, 0.2) is 0 Å². The fourth-order valence-corrected chi connectivity index (χ4v) is 3.04. The molecule has 0 aliphatic carbocycles. The lowest BCUT2D eigenvalue weighted by molar-refractivity contribution is 0.134. The van der Waals surface area contributed by atoms with Gasteiger partial charge in [0.05, 0.1) is 18.6 Å². The van der Waals surface area contributed by atoms with Gasteiger partial charge in [-0.15, -0.1) is 11.6 Å². The molecule has 104 valence electrons. The van der Waals surface area contributed by atoms with Crippen molar-refractivity contribution < 1.29 is 4.74 Å². The Labute approximate surface area is 125 Å². The maximum atomic E-state index is 6.79. The average Bonchev–Trinajstić information content (AvgIpc) is 2.94. The summed E-state index contributed by atoms with van der Waals surface area (Å²) in [7, 11) is 0. The van der Waals surface area contributed by atoms with Crippen molar-refractivity contribution in [3.05, 3.63) is 70.8 Å². The molecule has 1 unspecified atom stereocenters. The maximum absolute atomic E-state index is 6.79. The van der Waals surface area contributed by atoms with Gasteiger partial charge in [-0.25, -0.2) is 0 Å². The summed E-state index contributed by atoms with van der Waals surface area (Å²) < 4.78 is 5.48. The van der Waals surface area contributed by atoms with Crippen molar-refractivity contribution in [1.82, 2.24) is 0 Å². The van der Waals surface area contributed by atoms with E-state index in [0.717, 1.165) is 6.61 Å². The molecule has 0 saturated carbocycles. The molecule has 20 heavy (non-hydrogen) atoms. The van der Waals surface area contributed by atoms with E-state index in [2.05, 4.69) is 56.3 Å². The van der Waals surface area contributed by atoms with Gasteiger partial charge >= 0.3 is 0 Å². The fraction of sp³-hybridized carbons (Fsp3) is 0.333. The molecule has 3 rings (SSSR count).